The number of pyridine rings is 1. The second-order valence-electron chi connectivity index (χ2n) is 4.36. The molecule has 0 aliphatic carbocycles. The van der Waals surface area contributed by atoms with Gasteiger partial charge in [0.05, 0.1) is 29.2 Å². The minimum Gasteiger partial charge on any atom is -0.476 e. The van der Waals surface area contributed by atoms with Gasteiger partial charge in [0.15, 0.2) is 5.69 Å². The summed E-state index contributed by atoms with van der Waals surface area (Å²) in [7, 11) is 0. The average molecular weight is 278 g/mol. The Bertz CT molecular complexity index is 877. The summed E-state index contributed by atoms with van der Waals surface area (Å²) in [4.78, 5) is 19.7. The van der Waals surface area contributed by atoms with E-state index in [1.165, 1.54) is 6.20 Å². The molecule has 0 amide bonds. The first-order valence-electron chi connectivity index (χ1n) is 6.24. The van der Waals surface area contributed by atoms with Crippen LogP contribution in [0.2, 0.25) is 0 Å². The van der Waals surface area contributed by atoms with Crippen molar-refractivity contribution in [3.05, 3.63) is 54.1 Å². The van der Waals surface area contributed by atoms with Crippen LogP contribution in [-0.2, 0) is 6.42 Å². The predicted octanol–water partition coefficient (Wildman–Crippen LogP) is 2.18. The molecule has 21 heavy (non-hydrogen) atoms. The number of imidazole rings is 1. The number of carboxylic acids is 1. The molecule has 6 heteroatoms. The van der Waals surface area contributed by atoms with Crippen molar-refractivity contribution in [3.8, 4) is 11.8 Å². The number of nitrogens with zero attached hydrogens (tertiary/aromatic N) is 4. The van der Waals surface area contributed by atoms with Crippen LogP contribution in [0.3, 0.4) is 0 Å². The quantitative estimate of drug-likeness (QED) is 0.792. The molecule has 1 N–H and O–H groups in total. The fraction of sp³-hybridized carbons (Fsp3) is 0.0667. The second kappa shape index (κ2) is 5.06. The summed E-state index contributed by atoms with van der Waals surface area (Å²) in [6.45, 7) is 0. The number of rotatable bonds is 3. The molecule has 0 radical (unpaired) electrons. The summed E-state index contributed by atoms with van der Waals surface area (Å²) in [5, 5.41) is 18.3. The maximum atomic E-state index is 11.4. The van der Waals surface area contributed by atoms with E-state index < -0.39 is 5.97 Å². The van der Waals surface area contributed by atoms with Crippen molar-refractivity contribution < 1.29 is 9.90 Å². The Morgan fingerprint density at radius 3 is 2.86 bits per heavy atom. The lowest BCUT2D eigenvalue weighted by Crippen LogP contribution is -2.10. The van der Waals surface area contributed by atoms with Gasteiger partial charge >= 0.3 is 5.97 Å². The third-order valence-corrected chi connectivity index (χ3v) is 3.10. The zero-order valence-electron chi connectivity index (χ0n) is 10.9. The lowest BCUT2D eigenvalue weighted by atomic mass is 10.2. The highest BCUT2D eigenvalue weighted by Gasteiger charge is 2.18. The van der Waals surface area contributed by atoms with E-state index in [4.69, 9.17) is 5.26 Å². The summed E-state index contributed by atoms with van der Waals surface area (Å²) in [6, 6.07) is 12.7. The fourth-order valence-electron chi connectivity index (χ4n) is 2.28. The van der Waals surface area contributed by atoms with Gasteiger partial charge in [-0.3, -0.25) is 4.57 Å². The van der Waals surface area contributed by atoms with Crippen LogP contribution in [0.1, 0.15) is 16.3 Å². The molecule has 3 aromatic rings. The normalized spacial score (nSPS) is 10.4. The largest absolute Gasteiger partial charge is 0.476 e. The van der Waals surface area contributed by atoms with Gasteiger partial charge in [0.2, 0.25) is 0 Å². The molecule has 0 bridgehead atoms. The number of carboxylic acid groups (broad SMARTS) is 1. The average Bonchev–Trinajstić information content (AvgIpc) is 2.85. The second-order valence-corrected chi connectivity index (χ2v) is 4.36. The topological polar surface area (TPSA) is 91.8 Å². The van der Waals surface area contributed by atoms with Gasteiger partial charge in [-0.2, -0.15) is 5.26 Å². The molecule has 0 saturated heterocycles. The Labute approximate surface area is 119 Å². The van der Waals surface area contributed by atoms with E-state index in [1.54, 1.807) is 16.7 Å². The third kappa shape index (κ3) is 2.11. The van der Waals surface area contributed by atoms with Crippen molar-refractivity contribution in [2.45, 2.75) is 6.42 Å². The van der Waals surface area contributed by atoms with Gasteiger partial charge in [-0.05, 0) is 24.3 Å². The van der Waals surface area contributed by atoms with Gasteiger partial charge in [-0.15, -0.1) is 0 Å². The zero-order chi connectivity index (χ0) is 14.8. The molecule has 0 aliphatic heterocycles. The van der Waals surface area contributed by atoms with Crippen LogP contribution in [0.5, 0.6) is 0 Å². The number of hydrogen-bond donors (Lipinski definition) is 1. The van der Waals surface area contributed by atoms with Crippen LogP contribution in [0.25, 0.3) is 16.7 Å². The number of nitriles is 1. The molecule has 2 aromatic heterocycles. The molecule has 3 rings (SSSR count). The maximum absolute atomic E-state index is 11.4. The summed E-state index contributed by atoms with van der Waals surface area (Å²) in [6.07, 6.45) is 1.51. The van der Waals surface area contributed by atoms with E-state index in [2.05, 4.69) is 16.0 Å². The molecule has 0 unspecified atom stereocenters. The van der Waals surface area contributed by atoms with Gasteiger partial charge in [0.25, 0.3) is 0 Å². The highest BCUT2D eigenvalue weighted by atomic mass is 16.4. The van der Waals surface area contributed by atoms with Gasteiger partial charge in [-0.25, -0.2) is 14.8 Å². The molecule has 6 nitrogen and oxygen atoms in total. The predicted molar refractivity (Wildman–Crippen MR) is 75.1 cm³/mol. The van der Waals surface area contributed by atoms with Crippen LogP contribution >= 0.6 is 0 Å². The number of carbonyl (C=O) groups is 1. The Hall–Kier alpha value is -3.20. The lowest BCUT2D eigenvalue weighted by Gasteiger charge is -2.09. The summed E-state index contributed by atoms with van der Waals surface area (Å²) in [5.74, 6) is -0.625. The Kier molecular flexibility index (Phi) is 3.09. The smallest absolute Gasteiger partial charge is 0.356 e. The van der Waals surface area contributed by atoms with E-state index in [1.807, 2.05) is 24.3 Å². The minimum atomic E-state index is -1.12. The van der Waals surface area contributed by atoms with Gasteiger partial charge in [0.1, 0.15) is 5.82 Å². The van der Waals surface area contributed by atoms with E-state index in [0.717, 1.165) is 5.52 Å². The van der Waals surface area contributed by atoms with Crippen LogP contribution < -0.4 is 0 Å². The van der Waals surface area contributed by atoms with Gasteiger partial charge in [0, 0.05) is 6.20 Å². The Morgan fingerprint density at radius 1 is 1.29 bits per heavy atom. The monoisotopic (exact) mass is 278 g/mol. The molecular weight excluding hydrogens is 268 g/mol. The van der Waals surface area contributed by atoms with Crippen molar-refractivity contribution in [1.82, 2.24) is 14.5 Å². The molecule has 0 aliphatic rings. The van der Waals surface area contributed by atoms with Gasteiger partial charge in [-0.1, -0.05) is 12.1 Å². The molecule has 1 aromatic carbocycles. The molecule has 102 valence electrons. The third-order valence-electron chi connectivity index (χ3n) is 3.10. The Balaban J connectivity index is 2.37. The summed E-state index contributed by atoms with van der Waals surface area (Å²) >= 11 is 0. The van der Waals surface area contributed by atoms with Crippen LogP contribution in [0.4, 0.5) is 0 Å². The fourth-order valence-corrected chi connectivity index (χ4v) is 2.28. The molecule has 0 saturated carbocycles. The highest BCUT2D eigenvalue weighted by Crippen LogP contribution is 2.23. The molecule has 0 fully saturated rings. The van der Waals surface area contributed by atoms with E-state index >= 15 is 0 Å². The number of hydrogen-bond acceptors (Lipinski definition) is 4. The van der Waals surface area contributed by atoms with Crippen molar-refractivity contribution in [2.75, 3.05) is 0 Å². The summed E-state index contributed by atoms with van der Waals surface area (Å²) in [5.41, 5.74) is 1.80. The van der Waals surface area contributed by atoms with Crippen LogP contribution in [0.15, 0.2) is 42.6 Å². The molecule has 0 atom stereocenters. The van der Waals surface area contributed by atoms with Crippen molar-refractivity contribution in [2.24, 2.45) is 0 Å². The molecule has 0 spiro atoms. The first kappa shape index (κ1) is 12.8. The van der Waals surface area contributed by atoms with E-state index in [0.29, 0.717) is 17.0 Å². The number of para-hydroxylation sites is 2. The van der Waals surface area contributed by atoms with Crippen LogP contribution in [-0.4, -0.2) is 25.6 Å². The lowest BCUT2D eigenvalue weighted by molar-refractivity contribution is 0.0690. The van der Waals surface area contributed by atoms with Crippen molar-refractivity contribution >= 4 is 17.0 Å². The standard InChI is InChI=1S/C15H10N4O2/c16-8-7-13-18-10-4-1-2-5-11(10)19(13)12-6-3-9-17-14(12)15(20)21/h1-6,9H,7H2,(H,20,21). The molecule has 2 heterocycles. The highest BCUT2D eigenvalue weighted by molar-refractivity contribution is 5.91. The number of aromatic carboxylic acids is 1. The maximum Gasteiger partial charge on any atom is 0.356 e. The van der Waals surface area contributed by atoms with E-state index in [-0.39, 0.29) is 12.1 Å². The van der Waals surface area contributed by atoms with E-state index in [9.17, 15) is 9.90 Å². The van der Waals surface area contributed by atoms with Crippen LogP contribution in [0, 0.1) is 11.3 Å². The zero-order valence-corrected chi connectivity index (χ0v) is 10.9. The first-order valence-corrected chi connectivity index (χ1v) is 6.24. The van der Waals surface area contributed by atoms with Gasteiger partial charge < -0.3 is 5.11 Å². The SMILES string of the molecule is N#CCc1nc2ccccc2n1-c1cccnc1C(=O)O. The van der Waals surface area contributed by atoms with Crippen molar-refractivity contribution in [1.29, 1.82) is 5.26 Å². The minimum absolute atomic E-state index is 0.0696. The number of fused-ring (bicyclic) bond motifs is 1. The Morgan fingerprint density at radius 2 is 2.10 bits per heavy atom. The number of aromatic nitrogens is 3. The summed E-state index contributed by atoms with van der Waals surface area (Å²) < 4.78 is 1.68. The van der Waals surface area contributed by atoms with Crippen molar-refractivity contribution in [3.63, 3.8) is 0 Å². The number of benzene rings is 1. The first-order chi connectivity index (χ1) is 10.2. The molecular formula is C15H10N4O2.